The van der Waals surface area contributed by atoms with E-state index in [4.69, 9.17) is 20.7 Å². The molecule has 2 unspecified atom stereocenters. The number of ether oxygens (including phenoxy) is 2. The Kier molecular flexibility index (Phi) is 12.5. The quantitative estimate of drug-likeness (QED) is 0.496. The average molecular weight is 426 g/mol. The molecule has 1 saturated heterocycles. The van der Waals surface area contributed by atoms with Gasteiger partial charge in [0.15, 0.2) is 23.4 Å². The summed E-state index contributed by atoms with van der Waals surface area (Å²) < 4.78 is 11.6. The topological polar surface area (TPSA) is 146 Å². The fourth-order valence-electron chi connectivity index (χ4n) is 2.09. The molecule has 0 aliphatic carbocycles. The zero-order chi connectivity index (χ0) is 23.3. The molecular weight excluding hydrogens is 390 g/mol. The van der Waals surface area contributed by atoms with E-state index >= 15 is 0 Å². The number of hydrogen-bond donors (Lipinski definition) is 3. The minimum atomic E-state index is -0.958. The van der Waals surface area contributed by atoms with Gasteiger partial charge in [-0.25, -0.2) is 19.7 Å². The molecule has 0 bridgehead atoms. The summed E-state index contributed by atoms with van der Waals surface area (Å²) in [5.41, 5.74) is 6.74. The van der Waals surface area contributed by atoms with Crippen LogP contribution in [0.5, 0.6) is 0 Å². The van der Waals surface area contributed by atoms with Crippen LogP contribution < -0.4 is 5.73 Å². The second-order valence-electron chi connectivity index (χ2n) is 6.43. The van der Waals surface area contributed by atoms with Crippen LogP contribution in [-0.4, -0.2) is 54.7 Å². The zero-order valence-electron chi connectivity index (χ0n) is 18.7. The van der Waals surface area contributed by atoms with Crippen molar-refractivity contribution in [3.8, 4) is 0 Å². The van der Waals surface area contributed by atoms with Gasteiger partial charge in [0.1, 0.15) is 18.1 Å². The zero-order valence-corrected chi connectivity index (χ0v) is 18.7. The molecule has 1 aliphatic heterocycles. The van der Waals surface area contributed by atoms with Crippen molar-refractivity contribution in [3.63, 3.8) is 0 Å². The van der Waals surface area contributed by atoms with E-state index in [1.54, 1.807) is 24.7 Å². The minimum absolute atomic E-state index is 0.298. The van der Waals surface area contributed by atoms with Crippen LogP contribution in [0.25, 0.3) is 11.2 Å². The number of nitrogens with zero attached hydrogens (tertiary/aromatic N) is 4. The molecule has 30 heavy (non-hydrogen) atoms. The number of aliphatic carboxylic acids is 1. The summed E-state index contributed by atoms with van der Waals surface area (Å²) in [4.78, 5) is 22.9. The second-order valence-corrected chi connectivity index (χ2v) is 6.43. The minimum Gasteiger partial charge on any atom is -0.479 e. The number of fused-ring (bicyclic) bond motifs is 1. The van der Waals surface area contributed by atoms with Crippen molar-refractivity contribution in [1.29, 1.82) is 0 Å². The van der Waals surface area contributed by atoms with Crippen LogP contribution >= 0.6 is 0 Å². The van der Waals surface area contributed by atoms with Crippen LogP contribution in [0.3, 0.4) is 0 Å². The van der Waals surface area contributed by atoms with Crippen LogP contribution in [0.15, 0.2) is 25.3 Å². The third kappa shape index (κ3) is 8.85. The smallest absolute Gasteiger partial charge is 0.332 e. The van der Waals surface area contributed by atoms with Crippen molar-refractivity contribution in [2.75, 3.05) is 12.8 Å². The first kappa shape index (κ1) is 27.4. The van der Waals surface area contributed by atoms with Crippen molar-refractivity contribution in [2.45, 2.75) is 72.0 Å². The number of allylic oxidation sites excluding steroid dienone is 1. The normalized spacial score (nSPS) is 17.6. The van der Waals surface area contributed by atoms with Gasteiger partial charge in [-0.1, -0.05) is 26.8 Å². The maximum atomic E-state index is 10.8. The van der Waals surface area contributed by atoms with E-state index in [-0.39, 0.29) is 6.23 Å². The van der Waals surface area contributed by atoms with Gasteiger partial charge >= 0.3 is 5.97 Å². The molecule has 0 radical (unpaired) electrons. The molecule has 1 fully saturated rings. The Bertz CT molecular complexity index is 773. The Balaban J connectivity index is 0.000000588. The molecule has 170 valence electrons. The van der Waals surface area contributed by atoms with E-state index in [9.17, 15) is 4.79 Å². The third-order valence-corrected chi connectivity index (χ3v) is 3.76. The van der Waals surface area contributed by atoms with E-state index < -0.39 is 17.9 Å². The Morgan fingerprint density at radius 1 is 1.40 bits per heavy atom. The number of hydrogen-bond acceptors (Lipinski definition) is 8. The number of rotatable bonds is 4. The lowest BCUT2D eigenvalue weighted by Crippen LogP contribution is -2.20. The largest absolute Gasteiger partial charge is 0.479 e. The van der Waals surface area contributed by atoms with Gasteiger partial charge in [-0.15, -0.1) is 6.58 Å². The standard InChI is InChI=1S/C10H11N5O3.C4H10O2.C4H8.C2H6/c11-8-7-9(13-3-12-8)15(4-14-7)6-2-1-5(18-6)10(16)17;1-4(2,5)6-3;1-3-4-2;1-2/h3-6H,1-2H2,(H,16,17)(H2,11,12,13);5H,1-3H3;3H,1,4H2,2H3;1-2H3. The first-order valence-corrected chi connectivity index (χ1v) is 9.84. The van der Waals surface area contributed by atoms with E-state index in [0.29, 0.717) is 29.8 Å². The third-order valence-electron chi connectivity index (χ3n) is 3.76. The number of anilines is 1. The van der Waals surface area contributed by atoms with Gasteiger partial charge in [-0.2, -0.15) is 0 Å². The van der Waals surface area contributed by atoms with Gasteiger partial charge in [0.25, 0.3) is 0 Å². The second kappa shape index (κ2) is 13.6. The summed E-state index contributed by atoms with van der Waals surface area (Å²) in [6, 6.07) is 0. The Labute approximate surface area is 177 Å². The van der Waals surface area contributed by atoms with Crippen molar-refractivity contribution >= 4 is 23.0 Å². The highest BCUT2D eigenvalue weighted by Gasteiger charge is 2.32. The van der Waals surface area contributed by atoms with Crippen molar-refractivity contribution in [2.24, 2.45) is 0 Å². The number of aliphatic hydroxyl groups is 1. The van der Waals surface area contributed by atoms with E-state index in [0.717, 1.165) is 6.42 Å². The number of imidazole rings is 1. The molecule has 3 heterocycles. The number of carboxylic acids is 1. The Morgan fingerprint density at radius 2 is 1.97 bits per heavy atom. The molecule has 0 aromatic carbocycles. The van der Waals surface area contributed by atoms with Gasteiger partial charge in [0, 0.05) is 7.11 Å². The number of nitrogen functional groups attached to an aromatic ring is 1. The highest BCUT2D eigenvalue weighted by molar-refractivity contribution is 5.81. The average Bonchev–Trinajstić information content (AvgIpc) is 3.37. The number of carbonyl (C=O) groups is 1. The Morgan fingerprint density at radius 3 is 2.40 bits per heavy atom. The predicted octanol–water partition coefficient (Wildman–Crippen LogP) is 3.14. The van der Waals surface area contributed by atoms with E-state index in [1.165, 1.54) is 13.4 Å². The molecule has 10 heteroatoms. The molecule has 10 nitrogen and oxygen atoms in total. The number of carboxylic acid groups (broad SMARTS) is 1. The van der Waals surface area contributed by atoms with Gasteiger partial charge in [-0.05, 0) is 33.1 Å². The maximum absolute atomic E-state index is 10.8. The molecule has 2 aromatic rings. The summed E-state index contributed by atoms with van der Waals surface area (Å²) in [6.45, 7) is 12.7. The fraction of sp³-hybridized carbons (Fsp3) is 0.600. The van der Waals surface area contributed by atoms with Crippen LogP contribution in [0, 0.1) is 0 Å². The van der Waals surface area contributed by atoms with Crippen LogP contribution in [0.4, 0.5) is 5.82 Å². The highest BCUT2D eigenvalue weighted by atomic mass is 16.6. The lowest BCUT2D eigenvalue weighted by Gasteiger charge is -2.12. The molecule has 2 aromatic heterocycles. The van der Waals surface area contributed by atoms with Gasteiger partial charge in [0.2, 0.25) is 0 Å². The highest BCUT2D eigenvalue weighted by Crippen LogP contribution is 2.30. The van der Waals surface area contributed by atoms with E-state index in [2.05, 4.69) is 33.2 Å². The predicted molar refractivity (Wildman–Crippen MR) is 116 cm³/mol. The molecule has 0 saturated carbocycles. The number of nitrogens with two attached hydrogens (primary N) is 1. The summed E-state index contributed by atoms with van der Waals surface area (Å²) in [7, 11) is 1.46. The molecule has 4 N–H and O–H groups in total. The summed E-state index contributed by atoms with van der Waals surface area (Å²) in [5, 5.41) is 17.5. The molecular formula is C20H35N5O5. The first-order chi connectivity index (χ1) is 14.1. The van der Waals surface area contributed by atoms with Crippen molar-refractivity contribution < 1.29 is 24.5 Å². The van der Waals surface area contributed by atoms with Crippen LogP contribution in [-0.2, 0) is 14.3 Å². The van der Waals surface area contributed by atoms with Gasteiger partial charge in [0.05, 0.1) is 6.33 Å². The summed E-state index contributed by atoms with van der Waals surface area (Å²) >= 11 is 0. The number of aromatic nitrogens is 4. The number of methoxy groups -OCH3 is 1. The molecule has 0 amide bonds. The Hall–Kier alpha value is -2.56. The summed E-state index contributed by atoms with van der Waals surface area (Å²) in [6.07, 6.45) is 5.79. The SMILES string of the molecule is C=CCC.CC.COC(C)(C)O.Nc1ncnc2c1ncn2C1CCC(C(=O)O)O1. The first-order valence-electron chi connectivity index (χ1n) is 9.84. The lowest BCUT2D eigenvalue weighted by molar-refractivity contribution is -0.155. The van der Waals surface area contributed by atoms with Gasteiger partial charge < -0.3 is 25.4 Å². The lowest BCUT2D eigenvalue weighted by atomic mass is 10.2. The van der Waals surface area contributed by atoms with Crippen molar-refractivity contribution in [3.05, 3.63) is 25.3 Å². The maximum Gasteiger partial charge on any atom is 0.332 e. The van der Waals surface area contributed by atoms with Crippen LogP contribution in [0.2, 0.25) is 0 Å². The molecule has 0 spiro atoms. The van der Waals surface area contributed by atoms with Gasteiger partial charge in [-0.3, -0.25) is 4.57 Å². The molecule has 1 aliphatic rings. The fourth-order valence-corrected chi connectivity index (χ4v) is 2.09. The van der Waals surface area contributed by atoms with Crippen molar-refractivity contribution in [1.82, 2.24) is 19.5 Å². The van der Waals surface area contributed by atoms with E-state index in [1.807, 2.05) is 19.9 Å². The monoisotopic (exact) mass is 425 g/mol. The molecule has 3 rings (SSSR count). The van der Waals surface area contributed by atoms with Crippen LogP contribution in [0.1, 0.15) is 60.1 Å². The molecule has 2 atom stereocenters. The summed E-state index contributed by atoms with van der Waals surface area (Å²) in [5.74, 6) is -1.61.